The third-order valence-corrected chi connectivity index (χ3v) is 6.67. The van der Waals surface area contributed by atoms with E-state index in [1.807, 2.05) is 12.1 Å². The van der Waals surface area contributed by atoms with Crippen molar-refractivity contribution >= 4 is 17.7 Å². The Morgan fingerprint density at radius 2 is 1.91 bits per heavy atom. The molecule has 3 aliphatic heterocycles. The van der Waals surface area contributed by atoms with Crippen LogP contribution >= 0.6 is 0 Å². The molecule has 6 N–H and O–H groups in total. The Hall–Kier alpha value is -2.62. The lowest BCUT2D eigenvalue weighted by Gasteiger charge is -2.36. The summed E-state index contributed by atoms with van der Waals surface area (Å²) >= 11 is 0. The maximum absolute atomic E-state index is 12.8. The summed E-state index contributed by atoms with van der Waals surface area (Å²) in [5.41, 5.74) is 12.8. The number of hydrogen-bond acceptors (Lipinski definition) is 5. The molecule has 3 heterocycles. The van der Waals surface area contributed by atoms with Crippen LogP contribution < -0.4 is 27.0 Å². The highest BCUT2D eigenvalue weighted by Crippen LogP contribution is 2.22. The van der Waals surface area contributed by atoms with Gasteiger partial charge in [0.25, 0.3) is 0 Å². The van der Waals surface area contributed by atoms with Crippen LogP contribution in [-0.2, 0) is 6.54 Å². The van der Waals surface area contributed by atoms with Crippen molar-refractivity contribution in [3.8, 4) is 0 Å². The van der Waals surface area contributed by atoms with E-state index in [0.29, 0.717) is 31.6 Å². The summed E-state index contributed by atoms with van der Waals surface area (Å²) in [7, 11) is 0. The molecule has 1 aromatic carbocycles. The van der Waals surface area contributed by atoms with Gasteiger partial charge in [0.2, 0.25) is 0 Å². The number of nitrogens with zero attached hydrogens (tertiary/aromatic N) is 3. The average molecular weight is 442 g/mol. The topological polar surface area (TPSA) is 120 Å². The zero-order valence-corrected chi connectivity index (χ0v) is 18.8. The number of anilines is 1. The van der Waals surface area contributed by atoms with Gasteiger partial charge in [-0.1, -0.05) is 12.1 Å². The van der Waals surface area contributed by atoms with E-state index in [1.54, 1.807) is 29.0 Å². The number of carbonyl (C=O) groups is 2. The second kappa shape index (κ2) is 9.48. The van der Waals surface area contributed by atoms with Gasteiger partial charge in [0.15, 0.2) is 0 Å². The normalized spacial score (nSPS) is 27.0. The Balaban J connectivity index is 1.35. The van der Waals surface area contributed by atoms with Gasteiger partial charge in [-0.15, -0.1) is 0 Å². The number of amides is 4. The summed E-state index contributed by atoms with van der Waals surface area (Å²) in [4.78, 5) is 31.1. The Bertz CT molecular complexity index is 850. The van der Waals surface area contributed by atoms with Gasteiger partial charge >= 0.3 is 12.1 Å². The van der Waals surface area contributed by atoms with Gasteiger partial charge < -0.3 is 27.0 Å². The van der Waals surface area contributed by atoms with Crippen molar-refractivity contribution in [2.24, 2.45) is 17.4 Å². The molecule has 0 bridgehead atoms. The molecule has 2 atom stereocenters. The third kappa shape index (κ3) is 5.23. The van der Waals surface area contributed by atoms with Crippen molar-refractivity contribution in [2.75, 3.05) is 37.6 Å². The standard InChI is InChI=1S/C23H35N7O2/c1-23(26-21(31)29-12-6-18(14-24)16-29)9-13-30(22(32)27-23)20-4-2-17(3-5-20)15-28-10-7-19(25)8-11-28/h2-5,9,13,18-19H,6-8,10-12,14-16,24-25H2,1H3,(H,26,31)(H,27,32). The molecule has 4 rings (SSSR count). The molecule has 0 radical (unpaired) electrons. The molecule has 9 heteroatoms. The molecule has 0 aliphatic carbocycles. The van der Waals surface area contributed by atoms with Crippen LogP contribution in [0.2, 0.25) is 0 Å². The number of likely N-dealkylation sites (tertiary alicyclic amines) is 2. The highest BCUT2D eigenvalue weighted by molar-refractivity contribution is 5.96. The van der Waals surface area contributed by atoms with E-state index in [4.69, 9.17) is 11.5 Å². The first-order valence-corrected chi connectivity index (χ1v) is 11.5. The van der Waals surface area contributed by atoms with Gasteiger partial charge in [-0.3, -0.25) is 9.80 Å². The minimum absolute atomic E-state index is 0.190. The maximum Gasteiger partial charge on any atom is 0.328 e. The number of rotatable bonds is 5. The lowest BCUT2D eigenvalue weighted by atomic mass is 10.1. The van der Waals surface area contributed by atoms with Crippen LogP contribution in [0.25, 0.3) is 0 Å². The minimum Gasteiger partial charge on any atom is -0.330 e. The first kappa shape index (κ1) is 22.6. The van der Waals surface area contributed by atoms with Crippen molar-refractivity contribution < 1.29 is 9.59 Å². The summed E-state index contributed by atoms with van der Waals surface area (Å²) in [6.45, 7) is 6.63. The second-order valence-corrected chi connectivity index (χ2v) is 9.36. The van der Waals surface area contributed by atoms with Gasteiger partial charge in [-0.05, 0) is 75.5 Å². The second-order valence-electron chi connectivity index (χ2n) is 9.36. The van der Waals surface area contributed by atoms with E-state index < -0.39 is 5.66 Å². The van der Waals surface area contributed by atoms with Crippen molar-refractivity contribution in [2.45, 2.75) is 44.4 Å². The first-order chi connectivity index (χ1) is 15.3. The van der Waals surface area contributed by atoms with Crippen LogP contribution in [-0.4, -0.2) is 66.3 Å². The lowest BCUT2D eigenvalue weighted by molar-refractivity contribution is 0.192. The molecule has 174 valence electrons. The minimum atomic E-state index is -0.944. The van der Waals surface area contributed by atoms with E-state index in [0.717, 1.165) is 44.6 Å². The number of hydrogen-bond donors (Lipinski definition) is 4. The zero-order valence-electron chi connectivity index (χ0n) is 18.8. The molecule has 1 aromatic rings. The van der Waals surface area contributed by atoms with Crippen LogP contribution in [0.4, 0.5) is 15.3 Å². The molecule has 2 saturated heterocycles. The van der Waals surface area contributed by atoms with E-state index in [2.05, 4.69) is 27.7 Å². The smallest absolute Gasteiger partial charge is 0.328 e. The highest BCUT2D eigenvalue weighted by atomic mass is 16.2. The predicted octanol–water partition coefficient (Wildman–Crippen LogP) is 1.36. The van der Waals surface area contributed by atoms with Crippen LogP contribution in [0.1, 0.15) is 31.7 Å². The molecule has 0 aromatic heterocycles. The van der Waals surface area contributed by atoms with Gasteiger partial charge in [0.05, 0.1) is 5.69 Å². The fourth-order valence-corrected chi connectivity index (χ4v) is 4.53. The van der Waals surface area contributed by atoms with E-state index >= 15 is 0 Å². The van der Waals surface area contributed by atoms with E-state index in [-0.39, 0.29) is 12.1 Å². The van der Waals surface area contributed by atoms with Crippen LogP contribution in [0.3, 0.4) is 0 Å². The monoisotopic (exact) mass is 441 g/mol. The predicted molar refractivity (Wildman–Crippen MR) is 125 cm³/mol. The number of nitrogens with two attached hydrogens (primary N) is 2. The van der Waals surface area contributed by atoms with Gasteiger partial charge in [0, 0.05) is 31.9 Å². The van der Waals surface area contributed by atoms with Crippen molar-refractivity contribution in [3.63, 3.8) is 0 Å². The molecule has 2 unspecified atom stereocenters. The summed E-state index contributed by atoms with van der Waals surface area (Å²) in [5, 5.41) is 5.83. The largest absolute Gasteiger partial charge is 0.330 e. The van der Waals surface area contributed by atoms with E-state index in [9.17, 15) is 9.59 Å². The fourth-order valence-electron chi connectivity index (χ4n) is 4.53. The van der Waals surface area contributed by atoms with Gasteiger partial charge in [-0.2, -0.15) is 0 Å². The van der Waals surface area contributed by atoms with Gasteiger partial charge in [-0.25, -0.2) is 9.59 Å². The number of benzene rings is 1. The highest BCUT2D eigenvalue weighted by Gasteiger charge is 2.35. The van der Waals surface area contributed by atoms with Crippen molar-refractivity contribution in [1.29, 1.82) is 0 Å². The Morgan fingerprint density at radius 3 is 2.53 bits per heavy atom. The lowest BCUT2D eigenvalue weighted by Crippen LogP contribution is -2.63. The summed E-state index contributed by atoms with van der Waals surface area (Å²) < 4.78 is 0. The molecule has 0 saturated carbocycles. The molecular formula is C23H35N7O2. The Labute approximate surface area is 189 Å². The van der Waals surface area contributed by atoms with E-state index in [1.165, 1.54) is 5.56 Å². The third-order valence-electron chi connectivity index (χ3n) is 6.67. The molecular weight excluding hydrogens is 406 g/mol. The Morgan fingerprint density at radius 1 is 1.19 bits per heavy atom. The Kier molecular flexibility index (Phi) is 6.68. The summed E-state index contributed by atoms with van der Waals surface area (Å²) in [6.07, 6.45) is 6.51. The molecule has 3 aliphatic rings. The number of urea groups is 2. The maximum atomic E-state index is 12.8. The summed E-state index contributed by atoms with van der Waals surface area (Å²) in [5.74, 6) is 0.344. The molecule has 32 heavy (non-hydrogen) atoms. The summed E-state index contributed by atoms with van der Waals surface area (Å²) in [6, 6.07) is 7.87. The fraction of sp³-hybridized carbons (Fsp3) is 0.565. The quantitative estimate of drug-likeness (QED) is 0.550. The van der Waals surface area contributed by atoms with Crippen molar-refractivity contribution in [3.05, 3.63) is 42.1 Å². The molecule has 0 spiro atoms. The molecule has 9 nitrogen and oxygen atoms in total. The van der Waals surface area contributed by atoms with Crippen LogP contribution in [0.15, 0.2) is 36.5 Å². The van der Waals surface area contributed by atoms with Crippen LogP contribution in [0, 0.1) is 5.92 Å². The SMILES string of the molecule is CC1(NC(=O)N2CCC(CN)C2)C=CN(c2ccc(CN3CCC(N)CC3)cc2)C(=O)N1. The van der Waals surface area contributed by atoms with Gasteiger partial charge in [0.1, 0.15) is 5.66 Å². The molecule has 4 amide bonds. The zero-order chi connectivity index (χ0) is 22.7. The van der Waals surface area contributed by atoms with Crippen LogP contribution in [0.5, 0.6) is 0 Å². The number of piperidine rings is 1. The molecule has 2 fully saturated rings. The number of carbonyl (C=O) groups excluding carboxylic acids is 2. The number of nitrogens with one attached hydrogen (secondary N) is 2. The average Bonchev–Trinajstić information content (AvgIpc) is 3.26. The van der Waals surface area contributed by atoms with Crippen molar-refractivity contribution in [1.82, 2.24) is 20.4 Å². The first-order valence-electron chi connectivity index (χ1n) is 11.5.